The third-order valence-electron chi connectivity index (χ3n) is 4.64. The van der Waals surface area contributed by atoms with Crippen molar-refractivity contribution >= 4 is 5.91 Å². The van der Waals surface area contributed by atoms with Gasteiger partial charge in [-0.2, -0.15) is 0 Å². The summed E-state index contributed by atoms with van der Waals surface area (Å²) in [4.78, 5) is 18.8. The van der Waals surface area contributed by atoms with Gasteiger partial charge in [0.1, 0.15) is 11.5 Å². The zero-order valence-corrected chi connectivity index (χ0v) is 12.1. The molecule has 2 aliphatic rings. The molecule has 0 spiro atoms. The van der Waals surface area contributed by atoms with Gasteiger partial charge in [-0.3, -0.25) is 9.36 Å². The molecule has 5 nitrogen and oxygen atoms in total. The minimum absolute atomic E-state index is 0.00350. The number of nitrogens with zero attached hydrogens (tertiary/aromatic N) is 3. The Bertz CT molecular complexity index is 684. The summed E-state index contributed by atoms with van der Waals surface area (Å²) in [6.07, 6.45) is 3.18. The molecule has 2 saturated heterocycles. The maximum atomic E-state index is 13.1. The molecule has 2 fully saturated rings. The summed E-state index contributed by atoms with van der Waals surface area (Å²) in [5.41, 5.74) is 1.27. The number of carbonyl (C=O) groups is 1. The highest BCUT2D eigenvalue weighted by Crippen LogP contribution is 2.27. The van der Waals surface area contributed by atoms with E-state index in [2.05, 4.69) is 10.3 Å². The van der Waals surface area contributed by atoms with E-state index in [1.807, 2.05) is 4.90 Å². The van der Waals surface area contributed by atoms with Crippen LogP contribution in [0.3, 0.4) is 0 Å². The van der Waals surface area contributed by atoms with Crippen molar-refractivity contribution in [2.45, 2.75) is 0 Å². The number of benzene rings is 1. The van der Waals surface area contributed by atoms with Gasteiger partial charge in [-0.1, -0.05) is 0 Å². The lowest BCUT2D eigenvalue weighted by Gasteiger charge is -2.18. The van der Waals surface area contributed by atoms with E-state index < -0.39 is 0 Å². The van der Waals surface area contributed by atoms with E-state index in [1.165, 1.54) is 12.1 Å². The van der Waals surface area contributed by atoms with E-state index in [0.29, 0.717) is 17.5 Å². The first-order chi connectivity index (χ1) is 10.7. The third kappa shape index (κ3) is 2.20. The molecular weight excluding hydrogens is 283 g/mol. The Morgan fingerprint density at radius 2 is 1.86 bits per heavy atom. The second-order valence-electron chi connectivity index (χ2n) is 6.01. The van der Waals surface area contributed by atoms with Gasteiger partial charge >= 0.3 is 0 Å². The van der Waals surface area contributed by atoms with Crippen LogP contribution in [0.5, 0.6) is 0 Å². The van der Waals surface area contributed by atoms with E-state index in [9.17, 15) is 9.18 Å². The highest BCUT2D eigenvalue weighted by atomic mass is 19.1. The van der Waals surface area contributed by atoms with Crippen molar-refractivity contribution in [3.05, 3.63) is 48.3 Å². The molecule has 2 aromatic rings. The fourth-order valence-electron chi connectivity index (χ4n) is 3.44. The largest absolute Gasteiger partial charge is 0.337 e. The predicted molar refractivity (Wildman–Crippen MR) is 79.3 cm³/mol. The molecule has 1 aromatic heterocycles. The standard InChI is InChI=1S/C16H17FN4O/c17-13-1-3-14(4-2-13)21-10-19-7-15(21)16(22)20-8-11-5-18-6-12(11)9-20/h1-4,7,10-12,18H,5-6,8-9H2/t11-,12+. The van der Waals surface area contributed by atoms with Crippen molar-refractivity contribution in [1.82, 2.24) is 19.8 Å². The van der Waals surface area contributed by atoms with Crippen LogP contribution in [0.25, 0.3) is 5.69 Å². The molecule has 1 amide bonds. The number of likely N-dealkylation sites (tertiary alicyclic amines) is 1. The van der Waals surface area contributed by atoms with Gasteiger partial charge in [-0.05, 0) is 36.1 Å². The lowest BCUT2D eigenvalue weighted by molar-refractivity contribution is 0.0773. The summed E-state index contributed by atoms with van der Waals surface area (Å²) in [6, 6.07) is 6.07. The number of rotatable bonds is 2. The number of amides is 1. The number of carbonyl (C=O) groups excluding carboxylic acids is 1. The predicted octanol–water partition coefficient (Wildman–Crippen LogP) is 1.30. The van der Waals surface area contributed by atoms with Gasteiger partial charge in [0, 0.05) is 31.9 Å². The van der Waals surface area contributed by atoms with Crippen LogP contribution in [-0.4, -0.2) is 46.5 Å². The molecule has 3 heterocycles. The van der Waals surface area contributed by atoms with E-state index in [1.54, 1.807) is 29.2 Å². The van der Waals surface area contributed by atoms with Gasteiger partial charge in [0.2, 0.25) is 0 Å². The minimum atomic E-state index is -0.295. The van der Waals surface area contributed by atoms with Crippen molar-refractivity contribution in [2.75, 3.05) is 26.2 Å². The number of nitrogens with one attached hydrogen (secondary N) is 1. The highest BCUT2D eigenvalue weighted by Gasteiger charge is 2.38. The SMILES string of the molecule is O=C(c1cncn1-c1ccc(F)cc1)N1C[C@H]2CNC[C@H]2C1. The number of halogens is 1. The van der Waals surface area contributed by atoms with E-state index in [-0.39, 0.29) is 11.7 Å². The zero-order chi connectivity index (χ0) is 15.1. The van der Waals surface area contributed by atoms with Crippen LogP contribution in [0.15, 0.2) is 36.8 Å². The minimum Gasteiger partial charge on any atom is -0.337 e. The number of hydrogen-bond donors (Lipinski definition) is 1. The van der Waals surface area contributed by atoms with E-state index in [4.69, 9.17) is 0 Å². The first-order valence-corrected chi connectivity index (χ1v) is 7.50. The molecule has 4 rings (SSSR count). The smallest absolute Gasteiger partial charge is 0.272 e. The maximum absolute atomic E-state index is 13.1. The molecule has 0 aliphatic carbocycles. The molecule has 0 unspecified atom stereocenters. The molecule has 1 aromatic carbocycles. The average Bonchev–Trinajstić information content (AvgIpc) is 3.22. The lowest BCUT2D eigenvalue weighted by atomic mass is 10.0. The van der Waals surface area contributed by atoms with Gasteiger partial charge in [0.05, 0.1) is 12.5 Å². The first-order valence-electron chi connectivity index (χ1n) is 7.50. The Morgan fingerprint density at radius 3 is 2.55 bits per heavy atom. The van der Waals surface area contributed by atoms with Crippen molar-refractivity contribution in [2.24, 2.45) is 11.8 Å². The quantitative estimate of drug-likeness (QED) is 0.909. The van der Waals surface area contributed by atoms with Crippen LogP contribution >= 0.6 is 0 Å². The van der Waals surface area contributed by atoms with Crippen LogP contribution in [0.2, 0.25) is 0 Å². The Hall–Kier alpha value is -2.21. The second-order valence-corrected chi connectivity index (χ2v) is 6.01. The summed E-state index contributed by atoms with van der Waals surface area (Å²) in [5.74, 6) is 0.824. The molecule has 0 radical (unpaired) electrons. The van der Waals surface area contributed by atoms with Crippen LogP contribution in [0.1, 0.15) is 10.5 Å². The summed E-state index contributed by atoms with van der Waals surface area (Å²) >= 11 is 0. The molecule has 1 N–H and O–H groups in total. The Balaban J connectivity index is 1.59. The van der Waals surface area contributed by atoms with E-state index in [0.717, 1.165) is 31.9 Å². The molecule has 22 heavy (non-hydrogen) atoms. The van der Waals surface area contributed by atoms with Gasteiger partial charge in [-0.15, -0.1) is 0 Å². The zero-order valence-electron chi connectivity index (χ0n) is 12.1. The van der Waals surface area contributed by atoms with Crippen LogP contribution in [-0.2, 0) is 0 Å². The number of imidazole rings is 1. The molecule has 2 atom stereocenters. The summed E-state index contributed by atoms with van der Waals surface area (Å²) in [6.45, 7) is 3.58. The summed E-state index contributed by atoms with van der Waals surface area (Å²) in [5, 5.41) is 3.37. The van der Waals surface area contributed by atoms with Crippen LogP contribution in [0.4, 0.5) is 4.39 Å². The maximum Gasteiger partial charge on any atom is 0.272 e. The van der Waals surface area contributed by atoms with Gasteiger partial charge in [0.25, 0.3) is 5.91 Å². The van der Waals surface area contributed by atoms with Crippen molar-refractivity contribution in [3.63, 3.8) is 0 Å². The molecule has 0 saturated carbocycles. The molecule has 6 heteroatoms. The van der Waals surface area contributed by atoms with Gasteiger partial charge in [-0.25, -0.2) is 9.37 Å². The monoisotopic (exact) mass is 300 g/mol. The topological polar surface area (TPSA) is 50.2 Å². The van der Waals surface area contributed by atoms with Crippen molar-refractivity contribution in [3.8, 4) is 5.69 Å². The first kappa shape index (κ1) is 13.5. The van der Waals surface area contributed by atoms with Crippen molar-refractivity contribution in [1.29, 1.82) is 0 Å². The molecule has 114 valence electrons. The number of fused-ring (bicyclic) bond motifs is 1. The Morgan fingerprint density at radius 1 is 1.18 bits per heavy atom. The van der Waals surface area contributed by atoms with Gasteiger partial charge < -0.3 is 10.2 Å². The number of hydrogen-bond acceptors (Lipinski definition) is 3. The fraction of sp³-hybridized carbons (Fsp3) is 0.375. The molecule has 0 bridgehead atoms. The summed E-state index contributed by atoms with van der Waals surface area (Å²) < 4.78 is 14.8. The number of aromatic nitrogens is 2. The second kappa shape index (κ2) is 5.21. The normalized spacial score (nSPS) is 23.8. The van der Waals surface area contributed by atoms with E-state index >= 15 is 0 Å². The third-order valence-corrected chi connectivity index (χ3v) is 4.64. The Kier molecular flexibility index (Phi) is 3.18. The van der Waals surface area contributed by atoms with Gasteiger partial charge in [0.15, 0.2) is 0 Å². The molecule has 2 aliphatic heterocycles. The van der Waals surface area contributed by atoms with Crippen LogP contribution in [0, 0.1) is 17.7 Å². The molecular formula is C16H17FN4O. The fourth-order valence-corrected chi connectivity index (χ4v) is 3.44. The highest BCUT2D eigenvalue weighted by molar-refractivity contribution is 5.93. The average molecular weight is 300 g/mol. The van der Waals surface area contributed by atoms with Crippen LogP contribution < -0.4 is 5.32 Å². The Labute approximate surface area is 127 Å². The summed E-state index contributed by atoms with van der Waals surface area (Å²) in [7, 11) is 0. The lowest BCUT2D eigenvalue weighted by Crippen LogP contribution is -2.33. The van der Waals surface area contributed by atoms with Crippen molar-refractivity contribution < 1.29 is 9.18 Å².